The summed E-state index contributed by atoms with van der Waals surface area (Å²) in [6.07, 6.45) is 3.84. The van der Waals surface area contributed by atoms with Crippen molar-refractivity contribution in [3.8, 4) is 0 Å². The van der Waals surface area contributed by atoms with E-state index in [1.807, 2.05) is 36.4 Å². The van der Waals surface area contributed by atoms with Gasteiger partial charge in [0.15, 0.2) is 5.13 Å². The first-order chi connectivity index (χ1) is 13.1. The van der Waals surface area contributed by atoms with Gasteiger partial charge in [0.2, 0.25) is 5.91 Å². The van der Waals surface area contributed by atoms with E-state index in [2.05, 4.69) is 10.3 Å². The lowest BCUT2D eigenvalue weighted by molar-refractivity contribution is 0.0997. The van der Waals surface area contributed by atoms with E-state index in [1.165, 1.54) is 17.6 Å². The van der Waals surface area contributed by atoms with Crippen molar-refractivity contribution in [3.05, 3.63) is 82.6 Å². The lowest BCUT2D eigenvalue weighted by Gasteiger charge is -2.00. The van der Waals surface area contributed by atoms with Gasteiger partial charge in [-0.2, -0.15) is 0 Å². The lowest BCUT2D eigenvalue weighted by atomic mass is 10.1. The summed E-state index contributed by atoms with van der Waals surface area (Å²) in [7, 11) is 0. The Bertz CT molecular complexity index is 1130. The molecular weight excluding hydrogens is 362 g/mol. The van der Waals surface area contributed by atoms with Crippen LogP contribution in [0.3, 0.4) is 0 Å². The van der Waals surface area contributed by atoms with Gasteiger partial charge in [0.25, 0.3) is 5.91 Å². The number of carbonyl (C=O) groups excluding carboxylic acids is 2. The number of benzene rings is 2. The minimum absolute atomic E-state index is 0.258. The van der Waals surface area contributed by atoms with Crippen molar-refractivity contribution in [1.29, 1.82) is 0 Å². The Balaban J connectivity index is 1.46. The number of amides is 2. The van der Waals surface area contributed by atoms with Gasteiger partial charge in [-0.15, -0.1) is 11.3 Å². The van der Waals surface area contributed by atoms with Crippen LogP contribution in [0.2, 0.25) is 0 Å². The topological polar surface area (TPSA) is 98.2 Å². The Kier molecular flexibility index (Phi) is 4.43. The van der Waals surface area contributed by atoms with Crippen molar-refractivity contribution in [2.24, 2.45) is 5.73 Å². The highest BCUT2D eigenvalue weighted by Gasteiger charge is 2.15. The maximum absolute atomic E-state index is 12.5. The number of carbonyl (C=O) groups is 2. The number of nitrogens with zero attached hydrogens (tertiary/aromatic N) is 1. The Morgan fingerprint density at radius 3 is 2.67 bits per heavy atom. The molecule has 0 aliphatic rings. The normalized spacial score (nSPS) is 10.8. The molecule has 6 nitrogen and oxygen atoms in total. The smallest absolute Gasteiger partial charge is 0.261 e. The van der Waals surface area contributed by atoms with Crippen LogP contribution in [0.1, 0.15) is 31.2 Å². The molecule has 0 unspecified atom stereocenters. The van der Waals surface area contributed by atoms with Gasteiger partial charge in [0.05, 0.1) is 5.56 Å². The van der Waals surface area contributed by atoms with Gasteiger partial charge in [0, 0.05) is 28.4 Å². The number of primary amides is 1. The van der Waals surface area contributed by atoms with E-state index in [0.29, 0.717) is 28.3 Å². The van der Waals surface area contributed by atoms with E-state index >= 15 is 0 Å². The molecule has 0 saturated heterocycles. The van der Waals surface area contributed by atoms with Crippen LogP contribution in [-0.2, 0) is 6.42 Å². The molecule has 0 saturated carbocycles. The lowest BCUT2D eigenvalue weighted by Crippen LogP contribution is -2.10. The monoisotopic (exact) mass is 377 g/mol. The third-order valence-corrected chi connectivity index (χ3v) is 5.03. The molecule has 2 heterocycles. The first kappa shape index (κ1) is 17.0. The summed E-state index contributed by atoms with van der Waals surface area (Å²) in [4.78, 5) is 28.9. The summed E-state index contributed by atoms with van der Waals surface area (Å²) in [5.74, 6) is -0.706. The van der Waals surface area contributed by atoms with E-state index < -0.39 is 5.91 Å². The number of furan rings is 1. The number of fused-ring (bicyclic) bond motifs is 1. The Labute approximate surface area is 158 Å². The highest BCUT2D eigenvalue weighted by molar-refractivity contribution is 7.15. The van der Waals surface area contributed by atoms with Crippen LogP contribution in [0.5, 0.6) is 0 Å². The van der Waals surface area contributed by atoms with Crippen LogP contribution in [0.25, 0.3) is 11.0 Å². The number of para-hydroxylation sites is 1. The molecule has 2 amide bonds. The first-order valence-electron chi connectivity index (χ1n) is 8.21. The fraction of sp³-hybridized carbons (Fsp3) is 0.0500. The molecular formula is C20H15N3O3S. The van der Waals surface area contributed by atoms with E-state index in [9.17, 15) is 9.59 Å². The average molecular weight is 377 g/mol. The van der Waals surface area contributed by atoms with Crippen molar-refractivity contribution in [3.63, 3.8) is 0 Å². The van der Waals surface area contributed by atoms with Crippen LogP contribution >= 0.6 is 11.3 Å². The van der Waals surface area contributed by atoms with Gasteiger partial charge in [-0.3, -0.25) is 14.9 Å². The van der Waals surface area contributed by atoms with Gasteiger partial charge >= 0.3 is 0 Å². The third-order valence-electron chi connectivity index (χ3n) is 4.12. The minimum atomic E-state index is -0.448. The molecule has 0 atom stereocenters. The molecule has 0 fully saturated rings. The van der Waals surface area contributed by atoms with Gasteiger partial charge in [0.1, 0.15) is 11.8 Å². The summed E-state index contributed by atoms with van der Waals surface area (Å²) >= 11 is 1.40. The van der Waals surface area contributed by atoms with Crippen LogP contribution in [0.4, 0.5) is 5.13 Å². The van der Waals surface area contributed by atoms with Crippen molar-refractivity contribution in [2.75, 3.05) is 5.32 Å². The molecule has 27 heavy (non-hydrogen) atoms. The standard InChI is InChI=1S/C20H15N3O3S/c21-18(24)13-7-5-12(6-8-13)9-14-10-22-20(27-14)23-19(25)16-11-26-17-4-2-1-3-15(16)17/h1-8,10-11H,9H2,(H2,21,24)(H,22,23,25). The molecule has 0 spiro atoms. The minimum Gasteiger partial charge on any atom is -0.463 e. The SMILES string of the molecule is NC(=O)c1ccc(Cc2cnc(NC(=O)c3coc4ccccc34)s2)cc1. The predicted octanol–water partition coefficient (Wildman–Crippen LogP) is 3.83. The Hall–Kier alpha value is -3.45. The average Bonchev–Trinajstić information content (AvgIpc) is 3.29. The van der Waals surface area contributed by atoms with Gasteiger partial charge in [-0.25, -0.2) is 4.98 Å². The number of hydrogen-bond acceptors (Lipinski definition) is 5. The number of rotatable bonds is 5. The largest absolute Gasteiger partial charge is 0.463 e. The second-order valence-electron chi connectivity index (χ2n) is 5.97. The van der Waals surface area contributed by atoms with Crippen molar-refractivity contribution >= 4 is 39.3 Å². The molecule has 0 aliphatic heterocycles. The van der Waals surface area contributed by atoms with Crippen LogP contribution in [-0.4, -0.2) is 16.8 Å². The predicted molar refractivity (Wildman–Crippen MR) is 104 cm³/mol. The Morgan fingerprint density at radius 1 is 1.11 bits per heavy atom. The summed E-state index contributed by atoms with van der Waals surface area (Å²) in [5.41, 5.74) is 7.90. The quantitative estimate of drug-likeness (QED) is 0.552. The summed E-state index contributed by atoms with van der Waals surface area (Å²) in [5, 5.41) is 4.10. The number of thiazole rings is 1. The van der Waals surface area contributed by atoms with Crippen LogP contribution in [0.15, 0.2) is 65.4 Å². The molecule has 2 aromatic carbocycles. The highest BCUT2D eigenvalue weighted by Crippen LogP contribution is 2.25. The maximum Gasteiger partial charge on any atom is 0.261 e. The summed E-state index contributed by atoms with van der Waals surface area (Å²) < 4.78 is 5.41. The molecule has 0 bridgehead atoms. The van der Waals surface area contributed by atoms with Gasteiger partial charge in [-0.1, -0.05) is 30.3 Å². The number of nitrogens with two attached hydrogens (primary N) is 1. The van der Waals surface area contributed by atoms with Gasteiger partial charge < -0.3 is 10.2 Å². The molecule has 3 N–H and O–H groups in total. The molecule has 4 rings (SSSR count). The van der Waals surface area contributed by atoms with E-state index in [0.717, 1.165) is 15.8 Å². The number of hydrogen-bond donors (Lipinski definition) is 2. The second kappa shape index (κ2) is 7.05. The van der Waals surface area contributed by atoms with E-state index in [1.54, 1.807) is 18.3 Å². The molecule has 4 aromatic rings. The van der Waals surface area contributed by atoms with Gasteiger partial charge in [-0.05, 0) is 23.8 Å². The zero-order chi connectivity index (χ0) is 18.8. The van der Waals surface area contributed by atoms with Crippen LogP contribution < -0.4 is 11.1 Å². The molecule has 7 heteroatoms. The van der Waals surface area contributed by atoms with Crippen molar-refractivity contribution < 1.29 is 14.0 Å². The third kappa shape index (κ3) is 3.58. The zero-order valence-corrected chi connectivity index (χ0v) is 15.0. The first-order valence-corrected chi connectivity index (χ1v) is 9.03. The van der Waals surface area contributed by atoms with Crippen molar-refractivity contribution in [1.82, 2.24) is 4.98 Å². The summed E-state index contributed by atoms with van der Waals surface area (Å²) in [6.45, 7) is 0. The maximum atomic E-state index is 12.5. The molecule has 2 aromatic heterocycles. The number of anilines is 1. The second-order valence-corrected chi connectivity index (χ2v) is 7.08. The fourth-order valence-electron chi connectivity index (χ4n) is 2.75. The fourth-order valence-corrected chi connectivity index (χ4v) is 3.59. The van der Waals surface area contributed by atoms with Crippen LogP contribution in [0, 0.1) is 0 Å². The number of nitrogens with one attached hydrogen (secondary N) is 1. The molecule has 0 aliphatic carbocycles. The molecule has 134 valence electrons. The Morgan fingerprint density at radius 2 is 1.89 bits per heavy atom. The number of aromatic nitrogens is 1. The van der Waals surface area contributed by atoms with E-state index in [4.69, 9.17) is 10.2 Å². The summed E-state index contributed by atoms with van der Waals surface area (Å²) in [6, 6.07) is 14.5. The van der Waals surface area contributed by atoms with E-state index in [-0.39, 0.29) is 5.91 Å². The van der Waals surface area contributed by atoms with Crippen molar-refractivity contribution in [2.45, 2.75) is 6.42 Å². The molecule has 0 radical (unpaired) electrons. The highest BCUT2D eigenvalue weighted by atomic mass is 32.1. The zero-order valence-electron chi connectivity index (χ0n) is 14.1.